The summed E-state index contributed by atoms with van der Waals surface area (Å²) in [5.41, 5.74) is 5.00. The summed E-state index contributed by atoms with van der Waals surface area (Å²) in [6.07, 6.45) is 0.354. The Hall–Kier alpha value is -2.01. The Bertz CT molecular complexity index is 464. The van der Waals surface area contributed by atoms with Crippen LogP contribution in [0.3, 0.4) is 0 Å². The van der Waals surface area contributed by atoms with Crippen molar-refractivity contribution in [2.45, 2.75) is 25.8 Å². The van der Waals surface area contributed by atoms with E-state index in [1.165, 1.54) is 6.92 Å². The molecule has 0 saturated carbocycles. The van der Waals surface area contributed by atoms with Crippen LogP contribution in [0.5, 0.6) is 0 Å². The quantitative estimate of drug-likeness (QED) is 0.606. The predicted molar refractivity (Wildman–Crippen MR) is 61.2 cm³/mol. The molecule has 0 saturated heterocycles. The second kappa shape index (κ2) is 6.07. The SMILES string of the molecule is CC(=O)C(=O)Cc1ccc(C[C@H]([NH3+])C(=O)[O-])cc1. The fourth-order valence-corrected chi connectivity index (χ4v) is 1.47. The number of hydrogen-bond donors (Lipinski definition) is 1. The van der Waals surface area contributed by atoms with E-state index in [4.69, 9.17) is 0 Å². The minimum Gasteiger partial charge on any atom is -0.544 e. The van der Waals surface area contributed by atoms with Gasteiger partial charge in [-0.15, -0.1) is 0 Å². The van der Waals surface area contributed by atoms with E-state index in [-0.39, 0.29) is 12.8 Å². The van der Waals surface area contributed by atoms with Gasteiger partial charge >= 0.3 is 0 Å². The van der Waals surface area contributed by atoms with Gasteiger partial charge in [-0.1, -0.05) is 24.3 Å². The molecule has 0 fully saturated rings. The fraction of sp³-hybridized carbons (Fsp3) is 0.308. The normalized spacial score (nSPS) is 11.9. The van der Waals surface area contributed by atoms with Crippen LogP contribution in [-0.4, -0.2) is 23.6 Å². The smallest absolute Gasteiger partial charge is 0.202 e. The first-order valence-corrected chi connectivity index (χ1v) is 5.55. The van der Waals surface area contributed by atoms with E-state index in [2.05, 4.69) is 5.73 Å². The maximum Gasteiger partial charge on any atom is 0.202 e. The number of carboxylic acids is 1. The number of carbonyl (C=O) groups is 3. The fourth-order valence-electron chi connectivity index (χ4n) is 1.47. The van der Waals surface area contributed by atoms with E-state index in [9.17, 15) is 19.5 Å². The van der Waals surface area contributed by atoms with Crippen LogP contribution in [0.1, 0.15) is 18.1 Å². The summed E-state index contributed by atoms with van der Waals surface area (Å²) in [6, 6.07) is 6.07. The van der Waals surface area contributed by atoms with E-state index in [0.717, 1.165) is 11.1 Å². The summed E-state index contributed by atoms with van der Waals surface area (Å²) in [6.45, 7) is 1.24. The van der Waals surface area contributed by atoms with Crippen molar-refractivity contribution in [1.82, 2.24) is 0 Å². The number of carbonyl (C=O) groups excluding carboxylic acids is 3. The van der Waals surface area contributed by atoms with Crippen molar-refractivity contribution in [2.75, 3.05) is 0 Å². The Balaban J connectivity index is 2.66. The monoisotopic (exact) mass is 249 g/mol. The van der Waals surface area contributed by atoms with Gasteiger partial charge < -0.3 is 15.6 Å². The highest BCUT2D eigenvalue weighted by atomic mass is 16.4. The Labute approximate surface area is 105 Å². The minimum absolute atomic E-state index is 0.0733. The average Bonchev–Trinajstić information content (AvgIpc) is 2.31. The molecule has 0 aromatic heterocycles. The van der Waals surface area contributed by atoms with Crippen molar-refractivity contribution in [1.29, 1.82) is 0 Å². The van der Waals surface area contributed by atoms with Crippen LogP contribution in [-0.2, 0) is 27.2 Å². The molecule has 96 valence electrons. The number of hydrogen-bond acceptors (Lipinski definition) is 4. The number of quaternary nitrogens is 1. The largest absolute Gasteiger partial charge is 0.544 e. The topological polar surface area (TPSA) is 102 Å². The molecule has 3 N–H and O–H groups in total. The summed E-state index contributed by atoms with van der Waals surface area (Å²) in [4.78, 5) is 32.6. The number of carboxylic acid groups (broad SMARTS) is 1. The van der Waals surface area contributed by atoms with Crippen LogP contribution in [0.15, 0.2) is 24.3 Å². The lowest BCUT2D eigenvalue weighted by Gasteiger charge is -2.09. The van der Waals surface area contributed by atoms with Crippen molar-refractivity contribution in [3.8, 4) is 0 Å². The van der Waals surface area contributed by atoms with Gasteiger partial charge in [0.25, 0.3) is 0 Å². The Kier molecular flexibility index (Phi) is 4.74. The van der Waals surface area contributed by atoms with Gasteiger partial charge in [0.05, 0.1) is 5.97 Å². The van der Waals surface area contributed by atoms with Gasteiger partial charge in [-0.05, 0) is 11.1 Å². The molecule has 1 rings (SSSR count). The van der Waals surface area contributed by atoms with Crippen molar-refractivity contribution in [2.24, 2.45) is 0 Å². The molecule has 0 aliphatic carbocycles. The first kappa shape index (κ1) is 14.1. The number of Topliss-reactive ketones (excluding diaryl/α,β-unsaturated/α-hetero) is 2. The predicted octanol–water partition coefficient (Wildman–Crippen LogP) is -1.71. The zero-order chi connectivity index (χ0) is 13.7. The standard InChI is InChI=1S/C13H15NO4/c1-8(15)12(16)7-10-4-2-9(3-5-10)6-11(14)13(17)18/h2-5,11H,6-7,14H2,1H3,(H,17,18)/t11-/m0/s1. The highest BCUT2D eigenvalue weighted by molar-refractivity contribution is 6.36. The van der Waals surface area contributed by atoms with Gasteiger partial charge in [-0.3, -0.25) is 9.59 Å². The van der Waals surface area contributed by atoms with E-state index in [1.54, 1.807) is 24.3 Å². The molecule has 1 atom stereocenters. The van der Waals surface area contributed by atoms with Crippen LogP contribution in [0.2, 0.25) is 0 Å². The van der Waals surface area contributed by atoms with Crippen LogP contribution in [0.4, 0.5) is 0 Å². The molecule has 0 bridgehead atoms. The van der Waals surface area contributed by atoms with Gasteiger partial charge in [0.1, 0.15) is 6.04 Å². The lowest BCUT2D eigenvalue weighted by Crippen LogP contribution is -2.69. The molecule has 0 heterocycles. The Morgan fingerprint density at radius 3 is 2.11 bits per heavy atom. The maximum atomic E-state index is 11.2. The molecule has 0 aliphatic heterocycles. The summed E-state index contributed by atoms with van der Waals surface area (Å²) in [5, 5.41) is 10.5. The van der Waals surface area contributed by atoms with Crippen molar-refractivity contribution in [3.05, 3.63) is 35.4 Å². The van der Waals surface area contributed by atoms with Gasteiger partial charge in [0.15, 0.2) is 5.78 Å². The minimum atomic E-state index is -1.19. The van der Waals surface area contributed by atoms with Gasteiger partial charge in [-0.25, -0.2) is 0 Å². The molecule has 0 amide bonds. The third-order valence-electron chi connectivity index (χ3n) is 2.60. The van der Waals surface area contributed by atoms with Gasteiger partial charge in [-0.2, -0.15) is 0 Å². The second-order valence-electron chi connectivity index (χ2n) is 4.19. The van der Waals surface area contributed by atoms with E-state index in [0.29, 0.717) is 0 Å². The second-order valence-corrected chi connectivity index (χ2v) is 4.19. The third-order valence-corrected chi connectivity index (χ3v) is 2.60. The van der Waals surface area contributed by atoms with Crippen LogP contribution in [0.25, 0.3) is 0 Å². The lowest BCUT2D eigenvalue weighted by atomic mass is 10.0. The number of aliphatic carboxylic acids is 1. The van der Waals surface area contributed by atoms with Crippen LogP contribution >= 0.6 is 0 Å². The number of benzene rings is 1. The summed E-state index contributed by atoms with van der Waals surface area (Å²) in [5.74, 6) is -2.09. The average molecular weight is 249 g/mol. The number of ketones is 2. The molecule has 0 unspecified atom stereocenters. The van der Waals surface area contributed by atoms with Crippen LogP contribution < -0.4 is 10.8 Å². The van der Waals surface area contributed by atoms with E-state index >= 15 is 0 Å². The summed E-state index contributed by atoms with van der Waals surface area (Å²) >= 11 is 0. The zero-order valence-electron chi connectivity index (χ0n) is 10.1. The summed E-state index contributed by atoms with van der Waals surface area (Å²) < 4.78 is 0. The molecular formula is C13H15NO4. The zero-order valence-corrected chi connectivity index (χ0v) is 10.1. The third kappa shape index (κ3) is 4.10. The first-order valence-electron chi connectivity index (χ1n) is 5.55. The van der Waals surface area contributed by atoms with Gasteiger partial charge in [0.2, 0.25) is 5.78 Å². The molecule has 5 nitrogen and oxygen atoms in total. The van der Waals surface area contributed by atoms with Crippen molar-refractivity contribution in [3.63, 3.8) is 0 Å². The van der Waals surface area contributed by atoms with Crippen molar-refractivity contribution >= 4 is 17.5 Å². The molecular weight excluding hydrogens is 234 g/mol. The van der Waals surface area contributed by atoms with E-state index in [1.807, 2.05) is 0 Å². The molecule has 1 aromatic rings. The number of rotatable bonds is 6. The molecule has 0 spiro atoms. The van der Waals surface area contributed by atoms with Crippen LogP contribution in [0, 0.1) is 0 Å². The molecule has 18 heavy (non-hydrogen) atoms. The molecule has 0 radical (unpaired) electrons. The van der Waals surface area contributed by atoms with E-state index < -0.39 is 23.6 Å². The highest BCUT2D eigenvalue weighted by Gasteiger charge is 2.10. The Morgan fingerprint density at radius 2 is 1.67 bits per heavy atom. The molecule has 0 aliphatic rings. The molecule has 1 aromatic carbocycles. The Morgan fingerprint density at radius 1 is 1.17 bits per heavy atom. The maximum absolute atomic E-state index is 11.2. The van der Waals surface area contributed by atoms with Crippen molar-refractivity contribution < 1.29 is 25.2 Å². The lowest BCUT2D eigenvalue weighted by molar-refractivity contribution is -0.437. The molecule has 5 heteroatoms. The highest BCUT2D eigenvalue weighted by Crippen LogP contribution is 2.07. The van der Waals surface area contributed by atoms with Gasteiger partial charge in [0, 0.05) is 19.8 Å². The summed E-state index contributed by atoms with van der Waals surface area (Å²) in [7, 11) is 0. The first-order chi connectivity index (χ1) is 8.40.